The second-order valence-corrected chi connectivity index (χ2v) is 6.22. The van der Waals surface area contributed by atoms with E-state index < -0.39 is 0 Å². The van der Waals surface area contributed by atoms with E-state index in [2.05, 4.69) is 37.1 Å². The lowest BCUT2D eigenvalue weighted by Gasteiger charge is -2.39. The van der Waals surface area contributed by atoms with E-state index in [4.69, 9.17) is 10.5 Å². The second-order valence-electron chi connectivity index (χ2n) is 6.22. The van der Waals surface area contributed by atoms with Crippen LogP contribution in [0.5, 0.6) is 5.75 Å². The second kappa shape index (κ2) is 6.30. The fourth-order valence-corrected chi connectivity index (χ4v) is 3.69. The van der Waals surface area contributed by atoms with E-state index >= 15 is 0 Å². The lowest BCUT2D eigenvalue weighted by molar-refractivity contribution is 0.223. The molecule has 0 amide bonds. The first kappa shape index (κ1) is 16.0. The first-order valence-corrected chi connectivity index (χ1v) is 7.90. The molecule has 1 heterocycles. The van der Waals surface area contributed by atoms with Crippen molar-refractivity contribution in [2.45, 2.75) is 18.9 Å². The zero-order valence-electron chi connectivity index (χ0n) is 13.8. The molecule has 0 radical (unpaired) electrons. The fraction of sp³-hybridized carbons (Fsp3) is 0.368. The maximum Gasteiger partial charge on any atom is 0.165 e. The molecular formula is C19H23FN2O. The number of fused-ring (bicyclic) bond motifs is 1. The lowest BCUT2D eigenvalue weighted by atomic mass is 9.79. The highest BCUT2D eigenvalue weighted by atomic mass is 19.1. The molecule has 3 nitrogen and oxygen atoms in total. The van der Waals surface area contributed by atoms with Gasteiger partial charge < -0.3 is 10.5 Å². The standard InChI is InChI=1S/C19H23FN2O/c1-12-5-4-6-14-17(10-21)22(2)11-15(19(12)14)13-7-8-18(23-3)16(20)9-13/h4-9,15,17H,10-11,21H2,1-3H3. The van der Waals surface area contributed by atoms with Crippen molar-refractivity contribution < 1.29 is 9.13 Å². The van der Waals surface area contributed by atoms with Gasteiger partial charge in [0.05, 0.1) is 7.11 Å². The largest absolute Gasteiger partial charge is 0.494 e. The molecule has 0 fully saturated rings. The Hall–Kier alpha value is -1.91. The molecule has 0 aromatic heterocycles. The highest BCUT2D eigenvalue weighted by Crippen LogP contribution is 2.40. The number of halogens is 1. The number of hydrogen-bond donors (Lipinski definition) is 1. The summed E-state index contributed by atoms with van der Waals surface area (Å²) in [6, 6.07) is 11.8. The number of hydrogen-bond acceptors (Lipinski definition) is 3. The van der Waals surface area contributed by atoms with Crippen LogP contribution in [0.15, 0.2) is 36.4 Å². The molecule has 0 aliphatic carbocycles. The Morgan fingerprint density at radius 1 is 1.30 bits per heavy atom. The van der Waals surface area contributed by atoms with E-state index in [1.807, 2.05) is 6.07 Å². The van der Waals surface area contributed by atoms with E-state index in [0.29, 0.717) is 6.54 Å². The maximum atomic E-state index is 14.2. The molecule has 4 heteroatoms. The topological polar surface area (TPSA) is 38.5 Å². The highest BCUT2D eigenvalue weighted by molar-refractivity contribution is 5.47. The summed E-state index contributed by atoms with van der Waals surface area (Å²) in [5.74, 6) is 0.103. The summed E-state index contributed by atoms with van der Waals surface area (Å²) >= 11 is 0. The average molecular weight is 314 g/mol. The Kier molecular flexibility index (Phi) is 4.37. The number of benzene rings is 2. The minimum atomic E-state index is -0.316. The van der Waals surface area contributed by atoms with Crippen molar-refractivity contribution in [3.8, 4) is 5.75 Å². The molecule has 1 aliphatic heterocycles. The Labute approximate surface area is 136 Å². The van der Waals surface area contributed by atoms with E-state index in [0.717, 1.165) is 12.1 Å². The predicted octanol–water partition coefficient (Wildman–Crippen LogP) is 3.22. The molecule has 23 heavy (non-hydrogen) atoms. The Balaban J connectivity index is 2.12. The van der Waals surface area contributed by atoms with Crippen LogP contribution in [0.4, 0.5) is 4.39 Å². The van der Waals surface area contributed by atoms with Gasteiger partial charge in [0.2, 0.25) is 0 Å². The number of nitrogens with zero attached hydrogens (tertiary/aromatic N) is 1. The molecule has 0 bridgehead atoms. The third-order valence-corrected chi connectivity index (χ3v) is 4.87. The van der Waals surface area contributed by atoms with Gasteiger partial charge >= 0.3 is 0 Å². The zero-order valence-corrected chi connectivity index (χ0v) is 13.8. The predicted molar refractivity (Wildman–Crippen MR) is 90.4 cm³/mol. The van der Waals surface area contributed by atoms with Gasteiger partial charge in [0.1, 0.15) is 0 Å². The quantitative estimate of drug-likeness (QED) is 0.945. The number of nitrogens with two attached hydrogens (primary N) is 1. The van der Waals surface area contributed by atoms with Crippen molar-refractivity contribution in [1.29, 1.82) is 0 Å². The van der Waals surface area contributed by atoms with Crippen molar-refractivity contribution in [2.75, 3.05) is 27.2 Å². The first-order valence-electron chi connectivity index (χ1n) is 7.90. The van der Waals surface area contributed by atoms with Crippen LogP contribution >= 0.6 is 0 Å². The molecule has 2 unspecified atom stereocenters. The minimum Gasteiger partial charge on any atom is -0.494 e. The summed E-state index contributed by atoms with van der Waals surface area (Å²) in [5, 5.41) is 0. The van der Waals surface area contributed by atoms with E-state index in [1.165, 1.54) is 23.8 Å². The van der Waals surface area contributed by atoms with Gasteiger partial charge in [-0.3, -0.25) is 4.90 Å². The number of rotatable bonds is 3. The Morgan fingerprint density at radius 3 is 2.74 bits per heavy atom. The summed E-state index contributed by atoms with van der Waals surface area (Å²) < 4.78 is 19.2. The lowest BCUT2D eigenvalue weighted by Crippen LogP contribution is -2.39. The molecule has 0 spiro atoms. The minimum absolute atomic E-state index is 0.138. The maximum absolute atomic E-state index is 14.2. The molecule has 2 atom stereocenters. The third kappa shape index (κ3) is 2.73. The molecule has 0 saturated heterocycles. The molecule has 2 aromatic carbocycles. The van der Waals surface area contributed by atoms with Gasteiger partial charge in [0.25, 0.3) is 0 Å². The van der Waals surface area contributed by atoms with Crippen LogP contribution in [0.2, 0.25) is 0 Å². The van der Waals surface area contributed by atoms with Crippen molar-refractivity contribution in [3.05, 3.63) is 64.5 Å². The SMILES string of the molecule is COc1ccc(C2CN(C)C(CN)c3cccc(C)c32)cc1F. The van der Waals surface area contributed by atoms with Crippen LogP contribution in [-0.2, 0) is 0 Å². The van der Waals surface area contributed by atoms with Gasteiger partial charge in [0, 0.05) is 25.0 Å². The summed E-state index contributed by atoms with van der Waals surface area (Å²) in [4.78, 5) is 2.26. The van der Waals surface area contributed by atoms with Crippen LogP contribution in [0, 0.1) is 12.7 Å². The number of aryl methyl sites for hydroxylation is 1. The third-order valence-electron chi connectivity index (χ3n) is 4.87. The zero-order chi connectivity index (χ0) is 16.6. The van der Waals surface area contributed by atoms with Crippen molar-refractivity contribution in [2.24, 2.45) is 5.73 Å². The number of likely N-dealkylation sites (N-methyl/N-ethyl adjacent to an activating group) is 1. The van der Waals surface area contributed by atoms with Crippen LogP contribution < -0.4 is 10.5 Å². The summed E-state index contributed by atoms with van der Waals surface area (Å²) in [7, 11) is 3.56. The van der Waals surface area contributed by atoms with Crippen LogP contribution in [-0.4, -0.2) is 32.1 Å². The molecule has 3 rings (SSSR count). The number of methoxy groups -OCH3 is 1. The summed E-state index contributed by atoms with van der Waals surface area (Å²) in [5.41, 5.74) is 10.7. The molecule has 2 N–H and O–H groups in total. The normalized spacial score (nSPS) is 21.1. The van der Waals surface area contributed by atoms with Gasteiger partial charge in [-0.1, -0.05) is 24.3 Å². The van der Waals surface area contributed by atoms with Gasteiger partial charge in [-0.05, 0) is 48.4 Å². The van der Waals surface area contributed by atoms with Crippen LogP contribution in [0.25, 0.3) is 0 Å². The van der Waals surface area contributed by atoms with Gasteiger partial charge in [-0.15, -0.1) is 0 Å². The Bertz CT molecular complexity index is 717. The molecule has 2 aromatic rings. The monoisotopic (exact) mass is 314 g/mol. The average Bonchev–Trinajstić information content (AvgIpc) is 2.54. The molecule has 1 aliphatic rings. The van der Waals surface area contributed by atoms with Crippen molar-refractivity contribution in [3.63, 3.8) is 0 Å². The fourth-order valence-electron chi connectivity index (χ4n) is 3.69. The van der Waals surface area contributed by atoms with Crippen molar-refractivity contribution in [1.82, 2.24) is 4.90 Å². The van der Waals surface area contributed by atoms with E-state index in [9.17, 15) is 4.39 Å². The Morgan fingerprint density at radius 2 is 2.09 bits per heavy atom. The van der Waals surface area contributed by atoms with Gasteiger partial charge in [-0.2, -0.15) is 0 Å². The summed E-state index contributed by atoms with van der Waals surface area (Å²) in [6.45, 7) is 3.52. The van der Waals surface area contributed by atoms with Crippen LogP contribution in [0.3, 0.4) is 0 Å². The van der Waals surface area contributed by atoms with Crippen LogP contribution in [0.1, 0.15) is 34.2 Å². The number of ether oxygens (including phenoxy) is 1. The highest BCUT2D eigenvalue weighted by Gasteiger charge is 2.32. The first-order chi connectivity index (χ1) is 11.1. The molecule has 0 saturated carbocycles. The molecule has 122 valence electrons. The smallest absolute Gasteiger partial charge is 0.165 e. The van der Waals surface area contributed by atoms with E-state index in [-0.39, 0.29) is 23.5 Å². The van der Waals surface area contributed by atoms with Gasteiger partial charge in [0.15, 0.2) is 11.6 Å². The van der Waals surface area contributed by atoms with Crippen molar-refractivity contribution >= 4 is 0 Å². The molecular weight excluding hydrogens is 291 g/mol. The summed E-state index contributed by atoms with van der Waals surface area (Å²) in [6.07, 6.45) is 0. The van der Waals surface area contributed by atoms with Gasteiger partial charge in [-0.25, -0.2) is 4.39 Å². The van der Waals surface area contributed by atoms with E-state index in [1.54, 1.807) is 12.1 Å².